The Labute approximate surface area is 190 Å². The van der Waals surface area contributed by atoms with Crippen LogP contribution >= 0.6 is 0 Å². The number of halogens is 2. The summed E-state index contributed by atoms with van der Waals surface area (Å²) in [6, 6.07) is 9.76. The molecule has 2 aliphatic carbocycles. The molecule has 2 saturated carbocycles. The number of benzene rings is 1. The van der Waals surface area contributed by atoms with Crippen LogP contribution in [0.1, 0.15) is 32.1 Å². The van der Waals surface area contributed by atoms with Crippen LogP contribution in [0, 0.1) is 5.82 Å². The Morgan fingerprint density at radius 1 is 1.06 bits per heavy atom. The fraction of sp³-hybridized carbons (Fsp3) is 0.400. The first kappa shape index (κ1) is 21.6. The quantitative estimate of drug-likeness (QED) is 0.551. The summed E-state index contributed by atoms with van der Waals surface area (Å²) < 4.78 is 36.5. The highest BCUT2D eigenvalue weighted by molar-refractivity contribution is 5.75. The predicted molar refractivity (Wildman–Crippen MR) is 123 cm³/mol. The van der Waals surface area contributed by atoms with Crippen LogP contribution < -0.4 is 15.2 Å². The summed E-state index contributed by atoms with van der Waals surface area (Å²) in [4.78, 5) is 14.1. The number of hydrogen-bond donors (Lipinski definition) is 0. The topological polar surface area (TPSA) is 60.2 Å². The maximum atomic E-state index is 15.1. The van der Waals surface area contributed by atoms with E-state index >= 15 is 4.39 Å². The third-order valence-electron chi connectivity index (χ3n) is 6.59. The second-order valence-corrected chi connectivity index (χ2v) is 8.83. The zero-order valence-corrected chi connectivity index (χ0v) is 18.7. The SMILES string of the molecule is COc1cc(-c2ccn(C)c(=O)c2)c(F)cc1-c1ccc(N(C2CC2)C2CCCC2F)nn1. The molecule has 3 aromatic rings. The smallest absolute Gasteiger partial charge is 0.250 e. The van der Waals surface area contributed by atoms with Crippen molar-refractivity contribution in [2.24, 2.45) is 7.05 Å². The highest BCUT2D eigenvalue weighted by Crippen LogP contribution is 2.39. The van der Waals surface area contributed by atoms with Crippen LogP contribution in [0.15, 0.2) is 47.4 Å². The third-order valence-corrected chi connectivity index (χ3v) is 6.59. The summed E-state index contributed by atoms with van der Waals surface area (Å²) in [5.74, 6) is 0.593. The number of alkyl halides is 1. The largest absolute Gasteiger partial charge is 0.496 e. The van der Waals surface area contributed by atoms with E-state index in [-0.39, 0.29) is 17.2 Å². The van der Waals surface area contributed by atoms with Crippen molar-refractivity contribution in [2.75, 3.05) is 12.0 Å². The molecule has 2 atom stereocenters. The van der Waals surface area contributed by atoms with Crippen molar-refractivity contribution in [1.82, 2.24) is 14.8 Å². The van der Waals surface area contributed by atoms with Crippen molar-refractivity contribution in [3.05, 3.63) is 58.8 Å². The van der Waals surface area contributed by atoms with Crippen molar-refractivity contribution < 1.29 is 13.5 Å². The Kier molecular flexibility index (Phi) is 5.60. The van der Waals surface area contributed by atoms with E-state index in [1.54, 1.807) is 31.4 Å². The van der Waals surface area contributed by atoms with E-state index in [2.05, 4.69) is 15.1 Å². The summed E-state index contributed by atoms with van der Waals surface area (Å²) in [5.41, 5.74) is 1.44. The summed E-state index contributed by atoms with van der Waals surface area (Å²) in [6.45, 7) is 0. The molecule has 1 aromatic carbocycles. The van der Waals surface area contributed by atoms with E-state index in [1.165, 1.54) is 23.8 Å². The van der Waals surface area contributed by atoms with Crippen LogP contribution in [0.25, 0.3) is 22.4 Å². The molecule has 2 aromatic heterocycles. The van der Waals surface area contributed by atoms with Crippen molar-refractivity contribution in [1.29, 1.82) is 0 Å². The van der Waals surface area contributed by atoms with E-state index in [4.69, 9.17) is 4.74 Å². The number of methoxy groups -OCH3 is 1. The van der Waals surface area contributed by atoms with Crippen LogP contribution in [0.2, 0.25) is 0 Å². The van der Waals surface area contributed by atoms with Crippen molar-refractivity contribution in [3.63, 3.8) is 0 Å². The number of pyridine rings is 1. The molecule has 2 fully saturated rings. The molecule has 0 N–H and O–H groups in total. The second kappa shape index (κ2) is 8.57. The number of anilines is 1. The molecule has 2 unspecified atom stereocenters. The lowest BCUT2D eigenvalue weighted by molar-refractivity contribution is 0.300. The van der Waals surface area contributed by atoms with Crippen LogP contribution in [-0.4, -0.2) is 40.1 Å². The van der Waals surface area contributed by atoms with Gasteiger partial charge in [0.25, 0.3) is 5.56 Å². The van der Waals surface area contributed by atoms with Crippen molar-refractivity contribution >= 4 is 5.82 Å². The van der Waals surface area contributed by atoms with E-state index in [0.29, 0.717) is 40.9 Å². The van der Waals surface area contributed by atoms with Gasteiger partial charge in [-0.15, -0.1) is 10.2 Å². The van der Waals surface area contributed by atoms with Gasteiger partial charge < -0.3 is 14.2 Å². The average Bonchev–Trinajstić information content (AvgIpc) is 3.57. The summed E-state index contributed by atoms with van der Waals surface area (Å²) >= 11 is 0. The fourth-order valence-electron chi connectivity index (χ4n) is 4.66. The van der Waals surface area contributed by atoms with Gasteiger partial charge in [-0.2, -0.15) is 0 Å². The van der Waals surface area contributed by atoms with Crippen LogP contribution in [-0.2, 0) is 7.05 Å². The monoisotopic (exact) mass is 452 g/mol. The van der Waals surface area contributed by atoms with Crippen molar-refractivity contribution in [3.8, 4) is 28.1 Å². The molecule has 0 bridgehead atoms. The van der Waals surface area contributed by atoms with Gasteiger partial charge in [-0.25, -0.2) is 8.78 Å². The Bertz CT molecular complexity index is 1220. The Balaban J connectivity index is 1.48. The van der Waals surface area contributed by atoms with Gasteiger partial charge in [-0.05, 0) is 68.0 Å². The van der Waals surface area contributed by atoms with E-state index in [0.717, 1.165) is 25.7 Å². The molecular formula is C25H26F2N4O2. The number of rotatable bonds is 6. The minimum atomic E-state index is -0.844. The van der Waals surface area contributed by atoms with Crippen LogP contribution in [0.5, 0.6) is 5.75 Å². The summed E-state index contributed by atoms with van der Waals surface area (Å²) in [5, 5.41) is 8.73. The molecule has 2 aliphatic rings. The highest BCUT2D eigenvalue weighted by Gasteiger charge is 2.41. The lowest BCUT2D eigenvalue weighted by Crippen LogP contribution is -2.41. The standard InChI is InChI=1S/C25H26F2N4O2/c1-30-11-10-15(12-25(30)32)17-14-23(33-2)18(13-20(17)27)21-8-9-24(29-28-21)31(16-6-7-16)22-5-3-4-19(22)26/h8-14,16,19,22H,3-7H2,1-2H3. The van der Waals surface area contributed by atoms with Gasteiger partial charge >= 0.3 is 0 Å². The summed E-state index contributed by atoms with van der Waals surface area (Å²) in [7, 11) is 3.14. The van der Waals surface area contributed by atoms with Crippen molar-refractivity contribution in [2.45, 2.75) is 50.4 Å². The first-order chi connectivity index (χ1) is 16.0. The number of aryl methyl sites for hydroxylation is 1. The maximum absolute atomic E-state index is 15.1. The molecule has 172 valence electrons. The highest BCUT2D eigenvalue weighted by atomic mass is 19.1. The fourth-order valence-corrected chi connectivity index (χ4v) is 4.66. The van der Waals surface area contributed by atoms with Gasteiger partial charge in [0.15, 0.2) is 5.82 Å². The molecule has 0 aliphatic heterocycles. The third kappa shape index (κ3) is 4.10. The Morgan fingerprint density at radius 3 is 2.48 bits per heavy atom. The number of nitrogens with zero attached hydrogens (tertiary/aromatic N) is 4. The van der Waals surface area contributed by atoms with Gasteiger partial charge in [0, 0.05) is 36.5 Å². The first-order valence-electron chi connectivity index (χ1n) is 11.3. The normalized spacial score (nSPS) is 20.1. The zero-order chi connectivity index (χ0) is 23.1. The van der Waals surface area contributed by atoms with E-state index < -0.39 is 12.0 Å². The second-order valence-electron chi connectivity index (χ2n) is 8.83. The zero-order valence-electron chi connectivity index (χ0n) is 18.7. The molecule has 33 heavy (non-hydrogen) atoms. The molecule has 0 amide bonds. The van der Waals surface area contributed by atoms with Gasteiger partial charge in [-0.3, -0.25) is 4.79 Å². The molecule has 6 nitrogen and oxygen atoms in total. The lowest BCUT2D eigenvalue weighted by atomic mass is 10.0. The number of aromatic nitrogens is 3. The minimum Gasteiger partial charge on any atom is -0.496 e. The van der Waals surface area contributed by atoms with Gasteiger partial charge in [-0.1, -0.05) is 0 Å². The van der Waals surface area contributed by atoms with Gasteiger partial charge in [0.2, 0.25) is 0 Å². The molecule has 0 spiro atoms. The molecule has 0 saturated heterocycles. The van der Waals surface area contributed by atoms with Crippen LogP contribution in [0.4, 0.5) is 14.6 Å². The average molecular weight is 453 g/mol. The van der Waals surface area contributed by atoms with E-state index in [9.17, 15) is 9.18 Å². The molecule has 5 rings (SSSR count). The van der Waals surface area contributed by atoms with E-state index in [1.807, 2.05) is 6.07 Å². The summed E-state index contributed by atoms with van der Waals surface area (Å²) in [6.07, 6.45) is 5.13. The lowest BCUT2D eigenvalue weighted by Gasteiger charge is -2.31. The van der Waals surface area contributed by atoms with Crippen LogP contribution in [0.3, 0.4) is 0 Å². The number of ether oxygens (including phenoxy) is 1. The Hall–Kier alpha value is -3.29. The molecule has 8 heteroatoms. The predicted octanol–water partition coefficient (Wildman–Crippen LogP) is 4.52. The first-order valence-corrected chi connectivity index (χ1v) is 11.3. The minimum absolute atomic E-state index is 0.150. The van der Waals surface area contributed by atoms with Gasteiger partial charge in [0.1, 0.15) is 17.7 Å². The Morgan fingerprint density at radius 2 is 1.88 bits per heavy atom. The maximum Gasteiger partial charge on any atom is 0.250 e. The van der Waals surface area contributed by atoms with Gasteiger partial charge in [0.05, 0.1) is 18.8 Å². The molecule has 2 heterocycles. The molecular weight excluding hydrogens is 426 g/mol. The number of hydrogen-bond acceptors (Lipinski definition) is 5. The molecule has 0 radical (unpaired) electrons.